The van der Waals surface area contributed by atoms with Crippen LogP contribution in [0.1, 0.15) is 23.0 Å². The number of hydrogen-bond acceptors (Lipinski definition) is 4. The number of rotatable bonds is 6. The highest BCUT2D eigenvalue weighted by Gasteiger charge is 2.09. The fourth-order valence-electron chi connectivity index (χ4n) is 1.80. The molecule has 1 aromatic carbocycles. The van der Waals surface area contributed by atoms with E-state index in [4.69, 9.17) is 4.74 Å². The first kappa shape index (κ1) is 15.6. The van der Waals surface area contributed by atoms with Gasteiger partial charge in [-0.2, -0.15) is 5.10 Å². The summed E-state index contributed by atoms with van der Waals surface area (Å²) in [5, 5.41) is 11.7. The zero-order valence-electron chi connectivity index (χ0n) is 12.5. The Morgan fingerprint density at radius 2 is 2.00 bits per heavy atom. The van der Waals surface area contributed by atoms with Crippen molar-refractivity contribution in [2.24, 2.45) is 0 Å². The van der Waals surface area contributed by atoms with Crippen LogP contribution in [0.5, 0.6) is 5.75 Å². The minimum Gasteiger partial charge on any atom is -0.494 e. The molecule has 0 aliphatic rings. The van der Waals surface area contributed by atoms with Crippen molar-refractivity contribution in [1.82, 2.24) is 15.5 Å². The van der Waals surface area contributed by atoms with E-state index in [1.165, 1.54) is 0 Å². The Hall–Kier alpha value is -2.83. The summed E-state index contributed by atoms with van der Waals surface area (Å²) >= 11 is 0. The number of amides is 2. The number of ether oxygens (including phenoxy) is 1. The molecule has 0 radical (unpaired) electrons. The summed E-state index contributed by atoms with van der Waals surface area (Å²) in [7, 11) is 0. The smallest absolute Gasteiger partial charge is 0.251 e. The average molecular weight is 302 g/mol. The van der Waals surface area contributed by atoms with E-state index >= 15 is 0 Å². The molecular weight excluding hydrogens is 284 g/mol. The van der Waals surface area contributed by atoms with Gasteiger partial charge < -0.3 is 15.4 Å². The number of aromatic nitrogens is 2. The topological polar surface area (TPSA) is 96.1 Å². The molecule has 22 heavy (non-hydrogen) atoms. The highest BCUT2D eigenvalue weighted by Crippen LogP contribution is 2.11. The van der Waals surface area contributed by atoms with Crippen LogP contribution in [-0.2, 0) is 4.79 Å². The third-order valence-electron chi connectivity index (χ3n) is 2.81. The third kappa shape index (κ3) is 4.34. The van der Waals surface area contributed by atoms with Gasteiger partial charge in [0.2, 0.25) is 5.91 Å². The van der Waals surface area contributed by atoms with Crippen molar-refractivity contribution in [2.75, 3.05) is 18.5 Å². The zero-order valence-corrected chi connectivity index (χ0v) is 12.5. The summed E-state index contributed by atoms with van der Waals surface area (Å²) in [5.74, 6) is 0.464. The van der Waals surface area contributed by atoms with Gasteiger partial charge in [-0.15, -0.1) is 0 Å². The average Bonchev–Trinajstić information content (AvgIpc) is 2.91. The van der Waals surface area contributed by atoms with Crippen LogP contribution in [0.4, 0.5) is 5.82 Å². The van der Waals surface area contributed by atoms with E-state index in [0.29, 0.717) is 23.7 Å². The van der Waals surface area contributed by atoms with Gasteiger partial charge in [0.05, 0.1) is 13.2 Å². The second-order valence-electron chi connectivity index (χ2n) is 4.62. The first-order valence-electron chi connectivity index (χ1n) is 6.91. The molecule has 0 unspecified atom stereocenters. The molecule has 1 heterocycles. The van der Waals surface area contributed by atoms with Crippen molar-refractivity contribution in [3.63, 3.8) is 0 Å². The molecule has 0 spiro atoms. The molecule has 3 N–H and O–H groups in total. The predicted molar refractivity (Wildman–Crippen MR) is 81.9 cm³/mol. The van der Waals surface area contributed by atoms with Gasteiger partial charge in [0.15, 0.2) is 5.82 Å². The van der Waals surface area contributed by atoms with E-state index < -0.39 is 0 Å². The molecule has 7 nitrogen and oxygen atoms in total. The number of carbonyl (C=O) groups is 2. The first-order chi connectivity index (χ1) is 10.6. The number of nitrogens with zero attached hydrogens (tertiary/aromatic N) is 1. The van der Waals surface area contributed by atoms with Crippen LogP contribution in [-0.4, -0.2) is 35.2 Å². The molecule has 2 amide bonds. The Balaban J connectivity index is 1.82. The van der Waals surface area contributed by atoms with Gasteiger partial charge in [-0.05, 0) is 38.1 Å². The van der Waals surface area contributed by atoms with Crippen molar-refractivity contribution in [2.45, 2.75) is 13.8 Å². The summed E-state index contributed by atoms with van der Waals surface area (Å²) in [6.45, 7) is 4.16. The number of aryl methyl sites for hydroxylation is 1. The highest BCUT2D eigenvalue weighted by molar-refractivity contribution is 5.99. The third-order valence-corrected chi connectivity index (χ3v) is 2.81. The van der Waals surface area contributed by atoms with Gasteiger partial charge in [0.1, 0.15) is 5.75 Å². The number of nitrogens with one attached hydrogen (secondary N) is 3. The van der Waals surface area contributed by atoms with Gasteiger partial charge in [0, 0.05) is 17.3 Å². The van der Waals surface area contributed by atoms with Crippen molar-refractivity contribution in [1.29, 1.82) is 0 Å². The lowest BCUT2D eigenvalue weighted by Crippen LogP contribution is -2.32. The molecule has 2 aromatic rings. The van der Waals surface area contributed by atoms with Crippen LogP contribution in [0.2, 0.25) is 0 Å². The normalized spacial score (nSPS) is 10.1. The Labute approximate surface area is 128 Å². The number of anilines is 1. The van der Waals surface area contributed by atoms with Gasteiger partial charge in [-0.1, -0.05) is 0 Å². The molecule has 0 fully saturated rings. The Morgan fingerprint density at radius 1 is 1.27 bits per heavy atom. The van der Waals surface area contributed by atoms with Gasteiger partial charge in [0.25, 0.3) is 5.91 Å². The van der Waals surface area contributed by atoms with Gasteiger partial charge in [-0.3, -0.25) is 14.7 Å². The van der Waals surface area contributed by atoms with Gasteiger partial charge in [-0.25, -0.2) is 0 Å². The molecule has 7 heteroatoms. The van der Waals surface area contributed by atoms with Crippen molar-refractivity contribution >= 4 is 17.6 Å². The van der Waals surface area contributed by atoms with E-state index in [-0.39, 0.29) is 18.4 Å². The number of hydrogen-bond donors (Lipinski definition) is 3. The van der Waals surface area contributed by atoms with Crippen LogP contribution >= 0.6 is 0 Å². The molecular formula is C15H18N4O3. The molecule has 0 aliphatic heterocycles. The van der Waals surface area contributed by atoms with E-state index in [1.807, 2.05) is 13.8 Å². The molecule has 0 saturated carbocycles. The maximum atomic E-state index is 11.9. The molecule has 1 aromatic heterocycles. The van der Waals surface area contributed by atoms with Crippen LogP contribution in [0, 0.1) is 6.92 Å². The second kappa shape index (κ2) is 7.26. The standard InChI is InChI=1S/C15H18N4O3/c1-3-22-12-6-4-11(5-7-12)15(21)16-9-14(20)17-13-8-10(2)18-19-13/h4-8H,3,9H2,1-2H3,(H,16,21)(H2,17,18,19,20). The fraction of sp³-hybridized carbons (Fsp3) is 0.267. The SMILES string of the molecule is CCOc1ccc(C(=O)NCC(=O)Nc2cc(C)[nH]n2)cc1. The largest absolute Gasteiger partial charge is 0.494 e. The Bertz CT molecular complexity index is 649. The van der Waals surface area contributed by atoms with Crippen LogP contribution < -0.4 is 15.4 Å². The highest BCUT2D eigenvalue weighted by atomic mass is 16.5. The lowest BCUT2D eigenvalue weighted by Gasteiger charge is -2.06. The quantitative estimate of drug-likeness (QED) is 0.753. The molecule has 0 atom stereocenters. The van der Waals surface area contributed by atoms with E-state index in [2.05, 4.69) is 20.8 Å². The monoisotopic (exact) mass is 302 g/mol. The number of H-pyrrole nitrogens is 1. The summed E-state index contributed by atoms with van der Waals surface area (Å²) in [5.41, 5.74) is 1.31. The van der Waals surface area contributed by atoms with E-state index in [0.717, 1.165) is 5.69 Å². The second-order valence-corrected chi connectivity index (χ2v) is 4.62. The first-order valence-corrected chi connectivity index (χ1v) is 6.91. The van der Waals surface area contributed by atoms with Crippen LogP contribution in [0.25, 0.3) is 0 Å². The summed E-state index contributed by atoms with van der Waals surface area (Å²) in [6.07, 6.45) is 0. The predicted octanol–water partition coefficient (Wildman–Crippen LogP) is 1.49. The molecule has 116 valence electrons. The Morgan fingerprint density at radius 3 is 2.59 bits per heavy atom. The summed E-state index contributed by atoms with van der Waals surface area (Å²) < 4.78 is 5.30. The van der Waals surface area contributed by atoms with Gasteiger partial charge >= 0.3 is 0 Å². The summed E-state index contributed by atoms with van der Waals surface area (Å²) in [6, 6.07) is 8.42. The molecule has 0 aliphatic carbocycles. The van der Waals surface area contributed by atoms with Crippen molar-refractivity contribution in [3.8, 4) is 5.75 Å². The van der Waals surface area contributed by atoms with Crippen LogP contribution in [0.3, 0.4) is 0 Å². The maximum Gasteiger partial charge on any atom is 0.251 e. The van der Waals surface area contributed by atoms with Crippen LogP contribution in [0.15, 0.2) is 30.3 Å². The molecule has 2 rings (SSSR count). The molecule has 0 bridgehead atoms. The van der Waals surface area contributed by atoms with Crippen molar-refractivity contribution < 1.29 is 14.3 Å². The fourth-order valence-corrected chi connectivity index (χ4v) is 1.80. The minimum absolute atomic E-state index is 0.127. The summed E-state index contributed by atoms with van der Waals surface area (Å²) in [4.78, 5) is 23.6. The number of benzene rings is 1. The number of carbonyl (C=O) groups excluding carboxylic acids is 2. The zero-order chi connectivity index (χ0) is 15.9. The number of aromatic amines is 1. The maximum absolute atomic E-state index is 11.9. The Kier molecular flexibility index (Phi) is 5.13. The van der Waals surface area contributed by atoms with Crippen molar-refractivity contribution in [3.05, 3.63) is 41.6 Å². The molecule has 0 saturated heterocycles. The lowest BCUT2D eigenvalue weighted by molar-refractivity contribution is -0.115. The van der Waals surface area contributed by atoms with E-state index in [9.17, 15) is 9.59 Å². The van der Waals surface area contributed by atoms with E-state index in [1.54, 1.807) is 30.3 Å². The lowest BCUT2D eigenvalue weighted by atomic mass is 10.2. The minimum atomic E-state index is -0.342.